The van der Waals surface area contributed by atoms with E-state index in [0.717, 1.165) is 23.2 Å². The molecular weight excluding hydrogens is 467 g/mol. The van der Waals surface area contributed by atoms with Gasteiger partial charge in [0.25, 0.3) is 5.91 Å². The lowest BCUT2D eigenvalue weighted by molar-refractivity contribution is 0.102. The zero-order valence-electron chi connectivity index (χ0n) is 19.2. The summed E-state index contributed by atoms with van der Waals surface area (Å²) >= 11 is 6.13. The van der Waals surface area contributed by atoms with Gasteiger partial charge in [-0.1, -0.05) is 35.9 Å². The second-order valence-electron chi connectivity index (χ2n) is 8.08. The van der Waals surface area contributed by atoms with Gasteiger partial charge in [-0.15, -0.1) is 0 Å². The van der Waals surface area contributed by atoms with Crippen LogP contribution in [0.3, 0.4) is 0 Å². The minimum absolute atomic E-state index is 0.143. The van der Waals surface area contributed by atoms with E-state index in [-0.39, 0.29) is 12.5 Å². The highest BCUT2D eigenvalue weighted by atomic mass is 35.5. The highest BCUT2D eigenvalue weighted by molar-refractivity contribution is 6.31. The van der Waals surface area contributed by atoms with Gasteiger partial charge < -0.3 is 5.32 Å². The molecule has 0 saturated carbocycles. The quantitative estimate of drug-likeness (QED) is 0.332. The summed E-state index contributed by atoms with van der Waals surface area (Å²) in [4.78, 5) is 18.1. The van der Waals surface area contributed by atoms with E-state index in [4.69, 9.17) is 16.6 Å². The average Bonchev–Trinajstić information content (AvgIpc) is 3.46. The lowest BCUT2D eigenvalue weighted by Gasteiger charge is -2.10. The van der Waals surface area contributed by atoms with E-state index in [2.05, 4.69) is 15.5 Å². The minimum atomic E-state index is -0.406. The van der Waals surface area contributed by atoms with Gasteiger partial charge >= 0.3 is 0 Å². The molecule has 1 amide bonds. The highest BCUT2D eigenvalue weighted by Crippen LogP contribution is 2.28. The molecule has 0 spiro atoms. The van der Waals surface area contributed by atoms with Gasteiger partial charge in [-0.3, -0.25) is 14.2 Å². The molecule has 0 aliphatic rings. The summed E-state index contributed by atoms with van der Waals surface area (Å²) < 4.78 is 17.6. The lowest BCUT2D eigenvalue weighted by atomic mass is 10.0. The first-order valence-electron chi connectivity index (χ1n) is 11.1. The fourth-order valence-electron chi connectivity index (χ4n) is 4.06. The Kier molecular flexibility index (Phi) is 6.05. The van der Waals surface area contributed by atoms with E-state index in [1.165, 1.54) is 10.7 Å². The van der Waals surface area contributed by atoms with Gasteiger partial charge in [-0.2, -0.15) is 10.2 Å². The summed E-state index contributed by atoms with van der Waals surface area (Å²) in [6.07, 6.45) is 3.43. The molecule has 176 valence electrons. The number of para-hydroxylation sites is 1. The molecule has 0 bridgehead atoms. The molecular formula is C26H22ClFN6O. The van der Waals surface area contributed by atoms with Gasteiger partial charge in [0.05, 0.1) is 29.5 Å². The molecule has 0 radical (unpaired) electrons. The Labute approximate surface area is 206 Å². The summed E-state index contributed by atoms with van der Waals surface area (Å²) in [5.74, 6) is -0.379. The smallest absolute Gasteiger partial charge is 0.257 e. The van der Waals surface area contributed by atoms with Crippen LogP contribution < -0.4 is 5.32 Å². The van der Waals surface area contributed by atoms with Gasteiger partial charge in [0.15, 0.2) is 5.82 Å². The standard InChI is InChI=1S/C26H22ClFN6O/c1-3-34-16(2)19(14-29-34)24-13-18(17-7-4-5-10-23(17)30-24)26(35)31-25-11-12-33(32-25)15-20-21(27)8-6-9-22(20)28/h4-14H,3,15H2,1-2H3,(H,31,32,35). The van der Waals surface area contributed by atoms with Crippen molar-refractivity contribution >= 4 is 34.2 Å². The number of aromatic nitrogens is 5. The van der Waals surface area contributed by atoms with E-state index >= 15 is 0 Å². The molecule has 35 heavy (non-hydrogen) atoms. The van der Waals surface area contributed by atoms with Crippen LogP contribution in [0.2, 0.25) is 5.02 Å². The number of nitrogens with one attached hydrogen (secondary N) is 1. The van der Waals surface area contributed by atoms with E-state index in [9.17, 15) is 9.18 Å². The zero-order chi connectivity index (χ0) is 24.5. The number of hydrogen-bond donors (Lipinski definition) is 1. The maximum absolute atomic E-state index is 14.1. The Morgan fingerprint density at radius 3 is 2.74 bits per heavy atom. The Balaban J connectivity index is 1.46. The molecule has 7 nitrogen and oxygen atoms in total. The third-order valence-electron chi connectivity index (χ3n) is 5.90. The van der Waals surface area contributed by atoms with E-state index in [1.54, 1.807) is 36.7 Å². The Morgan fingerprint density at radius 1 is 1.14 bits per heavy atom. The number of aryl methyl sites for hydroxylation is 1. The van der Waals surface area contributed by atoms with Crippen molar-refractivity contribution in [2.24, 2.45) is 0 Å². The van der Waals surface area contributed by atoms with Crippen LogP contribution in [0.5, 0.6) is 0 Å². The van der Waals surface area contributed by atoms with Crippen molar-refractivity contribution in [3.05, 3.63) is 94.7 Å². The van der Waals surface area contributed by atoms with Crippen molar-refractivity contribution < 1.29 is 9.18 Å². The predicted molar refractivity (Wildman–Crippen MR) is 134 cm³/mol. The predicted octanol–water partition coefficient (Wildman–Crippen LogP) is 5.72. The van der Waals surface area contributed by atoms with Gasteiger partial charge in [0.1, 0.15) is 5.82 Å². The van der Waals surface area contributed by atoms with Crippen LogP contribution in [0.1, 0.15) is 28.5 Å². The van der Waals surface area contributed by atoms with Crippen LogP contribution in [-0.4, -0.2) is 30.5 Å². The second kappa shape index (κ2) is 9.31. The van der Waals surface area contributed by atoms with Crippen molar-refractivity contribution in [1.82, 2.24) is 24.5 Å². The molecule has 0 aliphatic carbocycles. The Morgan fingerprint density at radius 2 is 1.97 bits per heavy atom. The number of nitrogens with zero attached hydrogens (tertiary/aromatic N) is 5. The topological polar surface area (TPSA) is 77.6 Å². The average molecular weight is 489 g/mol. The van der Waals surface area contributed by atoms with Crippen LogP contribution in [0.25, 0.3) is 22.2 Å². The molecule has 0 aliphatic heterocycles. The summed E-state index contributed by atoms with van der Waals surface area (Å²) in [6.45, 7) is 4.89. The summed E-state index contributed by atoms with van der Waals surface area (Å²) in [5, 5.41) is 12.7. The fourth-order valence-corrected chi connectivity index (χ4v) is 4.29. The molecule has 0 unspecified atom stereocenters. The van der Waals surface area contributed by atoms with Crippen LogP contribution in [0, 0.1) is 12.7 Å². The SMILES string of the molecule is CCn1ncc(-c2cc(C(=O)Nc3ccn(Cc4c(F)cccc4Cl)n3)c3ccccc3n2)c1C. The van der Waals surface area contributed by atoms with Crippen molar-refractivity contribution in [2.45, 2.75) is 26.9 Å². The van der Waals surface area contributed by atoms with Crippen molar-refractivity contribution in [3.63, 3.8) is 0 Å². The molecule has 1 N–H and O–H groups in total. The van der Waals surface area contributed by atoms with E-state index in [1.807, 2.05) is 42.8 Å². The molecule has 0 atom stereocenters. The molecule has 3 heterocycles. The summed E-state index contributed by atoms with van der Waals surface area (Å²) in [7, 11) is 0. The normalized spacial score (nSPS) is 11.2. The van der Waals surface area contributed by atoms with E-state index in [0.29, 0.717) is 33.2 Å². The number of pyridine rings is 1. The minimum Gasteiger partial charge on any atom is -0.305 e. The summed E-state index contributed by atoms with van der Waals surface area (Å²) in [6, 6.07) is 15.5. The second-order valence-corrected chi connectivity index (χ2v) is 8.49. The monoisotopic (exact) mass is 488 g/mol. The Hall–Kier alpha value is -4.04. The number of benzene rings is 2. The fraction of sp³-hybridized carbons (Fsp3) is 0.154. The maximum atomic E-state index is 14.1. The number of halogens is 2. The first kappa shape index (κ1) is 22.7. The van der Waals surface area contributed by atoms with Crippen molar-refractivity contribution in [3.8, 4) is 11.3 Å². The number of amides is 1. The molecule has 0 fully saturated rings. The van der Waals surface area contributed by atoms with Crippen LogP contribution in [-0.2, 0) is 13.1 Å². The van der Waals surface area contributed by atoms with E-state index < -0.39 is 5.82 Å². The van der Waals surface area contributed by atoms with Gasteiger partial charge in [0.2, 0.25) is 0 Å². The third-order valence-corrected chi connectivity index (χ3v) is 6.26. The number of anilines is 1. The Bertz CT molecular complexity index is 1540. The largest absolute Gasteiger partial charge is 0.305 e. The first-order chi connectivity index (χ1) is 16.9. The maximum Gasteiger partial charge on any atom is 0.257 e. The molecule has 5 rings (SSSR count). The number of hydrogen-bond acceptors (Lipinski definition) is 4. The van der Waals surface area contributed by atoms with Crippen molar-refractivity contribution in [2.75, 3.05) is 5.32 Å². The first-order valence-corrected chi connectivity index (χ1v) is 11.5. The number of carbonyl (C=O) groups is 1. The van der Waals surface area contributed by atoms with Gasteiger partial charge in [-0.25, -0.2) is 9.37 Å². The highest BCUT2D eigenvalue weighted by Gasteiger charge is 2.18. The summed E-state index contributed by atoms with van der Waals surface area (Å²) in [5.41, 5.74) is 4.04. The van der Waals surface area contributed by atoms with Crippen LogP contribution in [0.4, 0.5) is 10.2 Å². The molecule has 9 heteroatoms. The molecule has 0 saturated heterocycles. The van der Waals surface area contributed by atoms with Gasteiger partial charge in [0, 0.05) is 46.0 Å². The van der Waals surface area contributed by atoms with Crippen molar-refractivity contribution in [1.29, 1.82) is 0 Å². The number of rotatable bonds is 6. The molecule has 2 aromatic carbocycles. The molecule has 3 aromatic heterocycles. The third kappa shape index (κ3) is 4.40. The molecule has 5 aromatic rings. The number of carbonyl (C=O) groups excluding carboxylic acids is 1. The zero-order valence-corrected chi connectivity index (χ0v) is 19.9. The lowest BCUT2D eigenvalue weighted by Crippen LogP contribution is -2.14. The van der Waals surface area contributed by atoms with Crippen LogP contribution >= 0.6 is 11.6 Å². The number of fused-ring (bicyclic) bond motifs is 1. The van der Waals surface area contributed by atoms with Crippen LogP contribution in [0.15, 0.2) is 67.0 Å². The van der Waals surface area contributed by atoms with Gasteiger partial charge in [-0.05, 0) is 38.1 Å².